The Hall–Kier alpha value is -3.31. The molecule has 0 aromatic carbocycles. The molecule has 0 saturated heterocycles. The van der Waals surface area contributed by atoms with E-state index in [2.05, 4.69) is 34.9 Å². The van der Waals surface area contributed by atoms with Crippen LogP contribution in [0.15, 0.2) is 18.7 Å². The summed E-state index contributed by atoms with van der Waals surface area (Å²) in [7, 11) is -0.373. The van der Waals surface area contributed by atoms with Crippen molar-refractivity contribution in [3.8, 4) is 17.4 Å². The molecule has 0 spiro atoms. The SMILES string of the molecule is COc1ncnc(OC)c1-n1c(NS(=O)(=O)[C@@H](C)[C@H](OC)c2ncc(Cl)cn2)nnc1C1C2CC1C2C(F)(F)F. The largest absolute Gasteiger partial charge is 0.479 e. The monoisotopic (exact) mass is 604 g/mol. The van der Waals surface area contributed by atoms with Crippen LogP contribution in [0.25, 0.3) is 5.69 Å². The lowest BCUT2D eigenvalue weighted by molar-refractivity contribution is -0.296. The average molecular weight is 605 g/mol. The number of alkyl halides is 3. The Morgan fingerprint density at radius 2 is 1.65 bits per heavy atom. The van der Waals surface area contributed by atoms with Crippen LogP contribution >= 0.6 is 11.6 Å². The highest BCUT2D eigenvalue weighted by atomic mass is 35.5. The Kier molecular flexibility index (Phi) is 7.24. The highest BCUT2D eigenvalue weighted by Gasteiger charge is 2.71. The van der Waals surface area contributed by atoms with Crippen molar-refractivity contribution in [2.45, 2.75) is 36.8 Å². The molecule has 13 nitrogen and oxygen atoms in total. The Morgan fingerprint density at radius 3 is 2.15 bits per heavy atom. The van der Waals surface area contributed by atoms with Crippen LogP contribution < -0.4 is 14.2 Å². The van der Waals surface area contributed by atoms with Gasteiger partial charge in [-0.05, 0) is 25.2 Å². The van der Waals surface area contributed by atoms with Crippen LogP contribution in [0.4, 0.5) is 19.1 Å². The molecule has 4 atom stereocenters. The van der Waals surface area contributed by atoms with Crippen molar-refractivity contribution in [2.75, 3.05) is 26.1 Å². The third-order valence-corrected chi connectivity index (χ3v) is 9.31. The van der Waals surface area contributed by atoms with Gasteiger partial charge >= 0.3 is 6.18 Å². The lowest BCUT2D eigenvalue weighted by Crippen LogP contribution is -2.63. The summed E-state index contributed by atoms with van der Waals surface area (Å²) in [4.78, 5) is 16.2. The van der Waals surface area contributed by atoms with E-state index in [-0.39, 0.29) is 40.1 Å². The lowest BCUT2D eigenvalue weighted by Gasteiger charge is -2.64. The van der Waals surface area contributed by atoms with Crippen LogP contribution in [0, 0.1) is 17.8 Å². The summed E-state index contributed by atoms with van der Waals surface area (Å²) >= 11 is 5.85. The molecule has 0 radical (unpaired) electrons. The average Bonchev–Trinajstić information content (AvgIpc) is 3.22. The molecule has 216 valence electrons. The number of halogens is 4. The van der Waals surface area contributed by atoms with Crippen molar-refractivity contribution in [1.29, 1.82) is 0 Å². The maximum atomic E-state index is 13.6. The molecule has 3 aliphatic rings. The van der Waals surface area contributed by atoms with Crippen molar-refractivity contribution in [2.24, 2.45) is 17.8 Å². The number of nitrogens with zero attached hydrogens (tertiary/aromatic N) is 7. The zero-order chi connectivity index (χ0) is 29.0. The fourth-order valence-corrected chi connectivity index (χ4v) is 6.54. The third kappa shape index (κ3) is 4.58. The zero-order valence-electron chi connectivity index (χ0n) is 21.5. The summed E-state index contributed by atoms with van der Waals surface area (Å²) in [5.41, 5.74) is 0.0250. The van der Waals surface area contributed by atoms with E-state index in [1.54, 1.807) is 0 Å². The zero-order valence-corrected chi connectivity index (χ0v) is 23.1. The van der Waals surface area contributed by atoms with Gasteiger partial charge in [0.25, 0.3) is 0 Å². The van der Waals surface area contributed by atoms with E-state index in [1.165, 1.54) is 45.2 Å². The predicted molar refractivity (Wildman–Crippen MR) is 133 cm³/mol. The minimum Gasteiger partial charge on any atom is -0.479 e. The van der Waals surface area contributed by atoms with Gasteiger partial charge in [0.1, 0.15) is 23.5 Å². The number of anilines is 1. The second-order valence-electron chi connectivity index (χ2n) is 9.38. The standard InChI is InChI=1S/C22H24ClF3N8O5S/c1-9(16(37-2)17-27-6-10(23)7-28-17)40(35,36)33-21-32-31-18(13-11-5-12(13)14(11)22(24,25)26)34(21)15-19(38-3)29-8-30-20(15)39-4/h6-9,11-14,16H,5H2,1-4H3,(H,32,33)/t9-,11?,12?,13?,14?,16-/m0/s1. The topological polar surface area (TPSA) is 156 Å². The van der Waals surface area contributed by atoms with E-state index >= 15 is 0 Å². The molecule has 3 aliphatic carbocycles. The van der Waals surface area contributed by atoms with E-state index in [9.17, 15) is 21.6 Å². The number of hydrogen-bond acceptors (Lipinski definition) is 11. The molecule has 3 aromatic heterocycles. The molecule has 2 unspecified atom stereocenters. The second-order valence-corrected chi connectivity index (χ2v) is 11.9. The number of rotatable bonds is 10. The first kappa shape index (κ1) is 28.2. The van der Waals surface area contributed by atoms with Crippen molar-refractivity contribution in [1.82, 2.24) is 34.7 Å². The molecular weight excluding hydrogens is 581 g/mol. The Bertz CT molecular complexity index is 1470. The fraction of sp³-hybridized carbons (Fsp3) is 0.545. The molecule has 3 heterocycles. The number of hydrogen-bond donors (Lipinski definition) is 1. The lowest BCUT2D eigenvalue weighted by atomic mass is 9.40. The summed E-state index contributed by atoms with van der Waals surface area (Å²) in [5.74, 6) is -3.76. The van der Waals surface area contributed by atoms with Gasteiger partial charge in [-0.1, -0.05) is 11.6 Å². The van der Waals surface area contributed by atoms with Gasteiger partial charge in [0, 0.05) is 25.4 Å². The first-order chi connectivity index (χ1) is 18.9. The molecule has 6 rings (SSSR count). The van der Waals surface area contributed by atoms with Gasteiger partial charge in [0.15, 0.2) is 11.5 Å². The van der Waals surface area contributed by atoms with Gasteiger partial charge in [0.05, 0.1) is 25.2 Å². The van der Waals surface area contributed by atoms with Crippen LogP contribution in [0.5, 0.6) is 11.8 Å². The molecule has 1 N–H and O–H groups in total. The first-order valence-electron chi connectivity index (χ1n) is 11.9. The van der Waals surface area contributed by atoms with Gasteiger partial charge in [-0.15, -0.1) is 10.2 Å². The van der Waals surface area contributed by atoms with Crippen LogP contribution in [-0.4, -0.2) is 75.9 Å². The summed E-state index contributed by atoms with van der Waals surface area (Å²) < 4.78 is 87.3. The van der Waals surface area contributed by atoms with Gasteiger partial charge in [-0.25, -0.2) is 18.4 Å². The third-order valence-electron chi connectivity index (χ3n) is 7.42. The predicted octanol–water partition coefficient (Wildman–Crippen LogP) is 2.95. The van der Waals surface area contributed by atoms with Gasteiger partial charge in [0.2, 0.25) is 27.7 Å². The van der Waals surface area contributed by atoms with E-state index in [0.717, 1.165) is 6.33 Å². The minimum atomic E-state index is -4.35. The molecule has 3 fully saturated rings. The Morgan fingerprint density at radius 1 is 1.05 bits per heavy atom. The molecular formula is C22H24ClF3N8O5S. The van der Waals surface area contributed by atoms with Crippen molar-refractivity contribution in [3.05, 3.63) is 35.4 Å². The number of methoxy groups -OCH3 is 3. The number of sulfonamides is 1. The summed E-state index contributed by atoms with van der Waals surface area (Å²) in [6, 6.07) is 0. The molecule has 0 aliphatic heterocycles. The molecule has 0 amide bonds. The highest BCUT2D eigenvalue weighted by molar-refractivity contribution is 7.93. The second kappa shape index (κ2) is 10.3. The van der Waals surface area contributed by atoms with E-state index < -0.39 is 51.2 Å². The Balaban J connectivity index is 1.56. The number of ether oxygens (including phenoxy) is 3. The van der Waals surface area contributed by atoms with Crippen LogP contribution in [-0.2, 0) is 14.8 Å². The van der Waals surface area contributed by atoms with E-state index in [4.69, 9.17) is 25.8 Å². The van der Waals surface area contributed by atoms with Gasteiger partial charge < -0.3 is 14.2 Å². The molecule has 40 heavy (non-hydrogen) atoms. The smallest absolute Gasteiger partial charge is 0.392 e. The first-order valence-corrected chi connectivity index (χ1v) is 13.8. The fourth-order valence-electron chi connectivity index (χ4n) is 5.31. The molecule has 2 bridgehead atoms. The Labute approximate surface area is 231 Å². The maximum Gasteiger partial charge on any atom is 0.392 e. The van der Waals surface area contributed by atoms with Crippen molar-refractivity contribution < 1.29 is 35.8 Å². The molecule has 3 aromatic rings. The summed E-state index contributed by atoms with van der Waals surface area (Å²) in [5, 5.41) is 7.12. The number of nitrogens with one attached hydrogen (secondary N) is 1. The maximum absolute atomic E-state index is 13.6. The van der Waals surface area contributed by atoms with Crippen molar-refractivity contribution >= 4 is 27.6 Å². The molecule has 3 saturated carbocycles. The molecule has 18 heteroatoms. The minimum absolute atomic E-state index is 0.0250. The number of aromatic nitrogens is 7. The summed E-state index contributed by atoms with van der Waals surface area (Å²) in [6.45, 7) is 1.37. The highest BCUT2D eigenvalue weighted by Crippen LogP contribution is 2.71. The van der Waals surface area contributed by atoms with Crippen LogP contribution in [0.2, 0.25) is 5.02 Å². The summed E-state index contributed by atoms with van der Waals surface area (Å²) in [6.07, 6.45) is -1.32. The van der Waals surface area contributed by atoms with Gasteiger partial charge in [-0.2, -0.15) is 23.1 Å². The normalized spacial score (nSPS) is 23.5. The quantitative estimate of drug-likeness (QED) is 0.363. The van der Waals surface area contributed by atoms with Crippen LogP contribution in [0.1, 0.15) is 37.0 Å². The van der Waals surface area contributed by atoms with E-state index in [0.29, 0.717) is 6.42 Å². The van der Waals surface area contributed by atoms with E-state index in [1.807, 2.05) is 0 Å². The van der Waals surface area contributed by atoms with Gasteiger partial charge in [-0.3, -0.25) is 9.29 Å². The van der Waals surface area contributed by atoms with Crippen LogP contribution in [0.3, 0.4) is 0 Å². The van der Waals surface area contributed by atoms with Crippen molar-refractivity contribution in [3.63, 3.8) is 0 Å².